The first-order chi connectivity index (χ1) is 15.8. The van der Waals surface area contributed by atoms with Gasteiger partial charge in [0.1, 0.15) is 6.04 Å². The average molecular weight is 489 g/mol. The first-order valence-electron chi connectivity index (χ1n) is 10.8. The Morgan fingerprint density at radius 1 is 1.15 bits per heavy atom. The number of anilines is 1. The number of hydrogen-bond donors (Lipinski definition) is 2. The molecule has 33 heavy (non-hydrogen) atoms. The molecule has 2 heterocycles. The van der Waals surface area contributed by atoms with Crippen LogP contribution >= 0.6 is 11.3 Å². The van der Waals surface area contributed by atoms with E-state index >= 15 is 0 Å². The number of aryl methyl sites for hydroxylation is 2. The van der Waals surface area contributed by atoms with Crippen LogP contribution in [0.25, 0.3) is 0 Å². The maximum Gasteiger partial charge on any atom is 0.259 e. The van der Waals surface area contributed by atoms with Crippen molar-refractivity contribution < 1.29 is 18.4 Å². The Hall–Kier alpha value is -2.69. The Labute approximate surface area is 199 Å². The molecule has 0 aliphatic heterocycles. The smallest absolute Gasteiger partial charge is 0.259 e. The van der Waals surface area contributed by atoms with Crippen LogP contribution < -0.4 is 4.72 Å². The number of thiophene rings is 1. The molecule has 176 valence electrons. The van der Waals surface area contributed by atoms with Gasteiger partial charge in [-0.25, -0.2) is 8.89 Å². The van der Waals surface area contributed by atoms with Crippen molar-refractivity contribution in [2.75, 3.05) is 4.72 Å². The molecule has 3 rings (SSSR count). The van der Waals surface area contributed by atoms with Crippen LogP contribution in [0.4, 0.5) is 5.69 Å². The molecular weight excluding hydrogens is 460 g/mol. The summed E-state index contributed by atoms with van der Waals surface area (Å²) in [6.07, 6.45) is 4.60. The molecule has 2 atom stereocenters. The van der Waals surface area contributed by atoms with Gasteiger partial charge in [-0.2, -0.15) is 11.3 Å². The quantitative estimate of drug-likeness (QED) is 0.271. The summed E-state index contributed by atoms with van der Waals surface area (Å²) in [6.45, 7) is 3.99. The zero-order valence-corrected chi connectivity index (χ0v) is 20.3. The SMILES string of the molecule is CC(C)[C@@H](C(=O)CCCc1ccsc1)n1cc(CCC(=O)c2ccc(NS(=O)O)cc2)nn1. The number of nitrogens with zero attached hydrogens (tertiary/aromatic N) is 3. The van der Waals surface area contributed by atoms with E-state index in [2.05, 4.69) is 26.5 Å². The lowest BCUT2D eigenvalue weighted by molar-refractivity contribution is -0.123. The molecule has 0 bridgehead atoms. The summed E-state index contributed by atoms with van der Waals surface area (Å²) in [7, 11) is 0. The normalized spacial score (nSPS) is 13.1. The summed E-state index contributed by atoms with van der Waals surface area (Å²) < 4.78 is 23.6. The van der Waals surface area contributed by atoms with Gasteiger partial charge in [-0.1, -0.05) is 19.1 Å². The van der Waals surface area contributed by atoms with E-state index in [1.54, 1.807) is 46.5 Å². The van der Waals surface area contributed by atoms with Gasteiger partial charge in [-0.3, -0.25) is 18.9 Å². The summed E-state index contributed by atoms with van der Waals surface area (Å²) in [5, 5.41) is 12.5. The Morgan fingerprint density at radius 2 is 1.91 bits per heavy atom. The summed E-state index contributed by atoms with van der Waals surface area (Å²) in [5.74, 6) is 0.159. The average Bonchev–Trinajstić information content (AvgIpc) is 3.44. The number of carbonyl (C=O) groups excluding carboxylic acids is 2. The van der Waals surface area contributed by atoms with Crippen LogP contribution in [0, 0.1) is 5.92 Å². The van der Waals surface area contributed by atoms with E-state index in [9.17, 15) is 13.8 Å². The van der Waals surface area contributed by atoms with Crippen molar-refractivity contribution in [3.05, 3.63) is 64.1 Å². The van der Waals surface area contributed by atoms with Gasteiger partial charge in [0.05, 0.1) is 5.69 Å². The summed E-state index contributed by atoms with van der Waals surface area (Å²) in [6, 6.07) is 8.09. The monoisotopic (exact) mass is 488 g/mol. The van der Waals surface area contributed by atoms with Crippen LogP contribution in [-0.2, 0) is 28.9 Å². The van der Waals surface area contributed by atoms with Crippen molar-refractivity contribution >= 4 is 39.9 Å². The molecule has 3 aromatic rings. The summed E-state index contributed by atoms with van der Waals surface area (Å²) in [5.41, 5.74) is 2.89. The fourth-order valence-electron chi connectivity index (χ4n) is 3.65. The molecule has 2 N–H and O–H groups in total. The molecular formula is C23H28N4O4S2. The molecule has 0 saturated heterocycles. The van der Waals surface area contributed by atoms with E-state index in [1.807, 2.05) is 19.2 Å². The van der Waals surface area contributed by atoms with Gasteiger partial charge in [-0.05, 0) is 65.4 Å². The molecule has 0 spiro atoms. The van der Waals surface area contributed by atoms with Crippen molar-refractivity contribution in [3.8, 4) is 0 Å². The fraction of sp³-hybridized carbons (Fsp3) is 0.391. The highest BCUT2D eigenvalue weighted by Crippen LogP contribution is 2.22. The lowest BCUT2D eigenvalue weighted by Crippen LogP contribution is -2.25. The molecule has 0 aliphatic carbocycles. The second kappa shape index (κ2) is 12.0. The number of carbonyl (C=O) groups is 2. The Morgan fingerprint density at radius 3 is 2.55 bits per heavy atom. The van der Waals surface area contributed by atoms with Gasteiger partial charge in [0, 0.05) is 36.7 Å². The largest absolute Gasteiger partial charge is 0.297 e. The van der Waals surface area contributed by atoms with Crippen molar-refractivity contribution in [2.45, 2.75) is 52.0 Å². The lowest BCUT2D eigenvalue weighted by Gasteiger charge is -2.19. The third-order valence-electron chi connectivity index (χ3n) is 5.29. The Kier molecular flexibility index (Phi) is 9.04. The van der Waals surface area contributed by atoms with E-state index in [4.69, 9.17) is 4.55 Å². The highest BCUT2D eigenvalue weighted by Gasteiger charge is 2.25. The predicted octanol–water partition coefficient (Wildman–Crippen LogP) is 4.49. The molecule has 0 aliphatic rings. The molecule has 2 aromatic heterocycles. The predicted molar refractivity (Wildman–Crippen MR) is 130 cm³/mol. The van der Waals surface area contributed by atoms with E-state index in [-0.39, 0.29) is 29.9 Å². The summed E-state index contributed by atoms with van der Waals surface area (Å²) in [4.78, 5) is 25.4. The molecule has 10 heteroatoms. The minimum atomic E-state index is -2.16. The van der Waals surface area contributed by atoms with E-state index in [0.29, 0.717) is 29.8 Å². The highest BCUT2D eigenvalue weighted by molar-refractivity contribution is 7.80. The number of rotatable bonds is 13. The molecule has 0 saturated carbocycles. The fourth-order valence-corrected chi connectivity index (χ4v) is 4.69. The van der Waals surface area contributed by atoms with Crippen molar-refractivity contribution in [2.24, 2.45) is 5.92 Å². The minimum Gasteiger partial charge on any atom is -0.297 e. The van der Waals surface area contributed by atoms with Crippen LogP contribution in [0.1, 0.15) is 60.8 Å². The summed E-state index contributed by atoms with van der Waals surface area (Å²) >= 11 is -0.494. The maximum atomic E-state index is 12.9. The van der Waals surface area contributed by atoms with Crippen LogP contribution in [0.3, 0.4) is 0 Å². The van der Waals surface area contributed by atoms with Gasteiger partial charge in [0.25, 0.3) is 11.3 Å². The van der Waals surface area contributed by atoms with E-state index in [1.165, 1.54) is 5.56 Å². The van der Waals surface area contributed by atoms with Crippen LogP contribution in [0.2, 0.25) is 0 Å². The molecule has 0 amide bonds. The van der Waals surface area contributed by atoms with Crippen LogP contribution in [-0.4, -0.2) is 35.3 Å². The second-order valence-electron chi connectivity index (χ2n) is 8.18. The Balaban J connectivity index is 1.54. The van der Waals surface area contributed by atoms with Crippen LogP contribution in [0.15, 0.2) is 47.3 Å². The third-order valence-corrected chi connectivity index (χ3v) is 6.44. The van der Waals surface area contributed by atoms with Crippen molar-refractivity contribution in [1.29, 1.82) is 0 Å². The molecule has 1 aromatic carbocycles. The third kappa shape index (κ3) is 7.41. The number of ketones is 2. The van der Waals surface area contributed by atoms with E-state index in [0.717, 1.165) is 12.8 Å². The van der Waals surface area contributed by atoms with Gasteiger partial charge < -0.3 is 0 Å². The number of aromatic nitrogens is 3. The molecule has 1 unspecified atom stereocenters. The zero-order chi connectivity index (χ0) is 23.8. The van der Waals surface area contributed by atoms with Gasteiger partial charge >= 0.3 is 0 Å². The number of Topliss-reactive ketones (excluding diaryl/α,β-unsaturated/α-hetero) is 2. The highest BCUT2D eigenvalue weighted by atomic mass is 32.2. The number of hydrogen-bond acceptors (Lipinski definition) is 6. The number of nitrogens with one attached hydrogen (secondary N) is 1. The second-order valence-corrected chi connectivity index (χ2v) is 9.66. The van der Waals surface area contributed by atoms with Gasteiger partial charge in [-0.15, -0.1) is 5.10 Å². The van der Waals surface area contributed by atoms with Crippen LogP contribution in [0.5, 0.6) is 0 Å². The van der Waals surface area contributed by atoms with Gasteiger partial charge in [0.15, 0.2) is 11.6 Å². The topological polar surface area (TPSA) is 114 Å². The molecule has 0 fully saturated rings. The Bertz CT molecular complexity index is 1080. The number of benzene rings is 1. The standard InChI is InChI=1S/C23H28N4O4S2/c1-16(2)23(22(29)5-3-4-17-12-13-32-15-17)27-14-20(24-26-27)10-11-21(28)18-6-8-19(9-7-18)25-33(30)31/h6-9,12-16,23,25H,3-5,10-11H2,1-2H3,(H,30,31)/t23-/m0/s1. The molecule has 8 nitrogen and oxygen atoms in total. The minimum absolute atomic E-state index is 0.0638. The first-order valence-corrected chi connectivity index (χ1v) is 12.8. The van der Waals surface area contributed by atoms with Crippen molar-refractivity contribution in [1.82, 2.24) is 15.0 Å². The zero-order valence-electron chi connectivity index (χ0n) is 18.6. The van der Waals surface area contributed by atoms with Crippen molar-refractivity contribution in [3.63, 3.8) is 0 Å². The van der Waals surface area contributed by atoms with Gasteiger partial charge in [0.2, 0.25) is 0 Å². The van der Waals surface area contributed by atoms with E-state index < -0.39 is 11.3 Å². The maximum absolute atomic E-state index is 12.9. The first kappa shape index (κ1) is 24.9. The molecule has 0 radical (unpaired) electrons. The lowest BCUT2D eigenvalue weighted by atomic mass is 9.96.